The highest BCUT2D eigenvalue weighted by Gasteiger charge is 2.21. The molecule has 0 bridgehead atoms. The number of nitrogens with one attached hydrogen (secondary N) is 2. The van der Waals surface area contributed by atoms with Gasteiger partial charge in [-0.2, -0.15) is 0 Å². The molecule has 2 aromatic rings. The number of anilines is 2. The van der Waals surface area contributed by atoms with Gasteiger partial charge >= 0.3 is 0 Å². The van der Waals surface area contributed by atoms with E-state index in [0.29, 0.717) is 16.4 Å². The summed E-state index contributed by atoms with van der Waals surface area (Å²) in [5.74, 6) is 0.360. The number of halogens is 1. The Morgan fingerprint density at radius 3 is 2.73 bits per heavy atom. The van der Waals surface area contributed by atoms with Gasteiger partial charge in [0, 0.05) is 22.4 Å². The van der Waals surface area contributed by atoms with Crippen LogP contribution < -0.4 is 10.6 Å². The molecule has 5 heteroatoms. The van der Waals surface area contributed by atoms with E-state index in [0.717, 1.165) is 12.1 Å². The van der Waals surface area contributed by atoms with Gasteiger partial charge in [0.25, 0.3) is 5.91 Å². The maximum absolute atomic E-state index is 12.5. The Bertz CT molecular complexity index is 670. The number of nitrogens with zero attached hydrogens (tertiary/aromatic N) is 1. The van der Waals surface area contributed by atoms with E-state index >= 15 is 0 Å². The van der Waals surface area contributed by atoms with Crippen molar-refractivity contribution in [3.8, 4) is 0 Å². The molecule has 0 saturated heterocycles. The normalized spacial score (nSPS) is 11.1. The average molecular weight is 318 g/mol. The average Bonchev–Trinajstić information content (AvgIpc) is 2.47. The fraction of sp³-hybridized carbons (Fsp3) is 0.294. The van der Waals surface area contributed by atoms with Gasteiger partial charge in [-0.05, 0) is 50.6 Å². The van der Waals surface area contributed by atoms with E-state index < -0.39 is 0 Å². The van der Waals surface area contributed by atoms with Crippen LogP contribution in [0.5, 0.6) is 0 Å². The highest BCUT2D eigenvalue weighted by molar-refractivity contribution is 6.30. The molecule has 1 aromatic carbocycles. The number of hydrogen-bond donors (Lipinski definition) is 2. The molecule has 4 nitrogen and oxygen atoms in total. The quantitative estimate of drug-likeness (QED) is 0.859. The molecule has 0 fully saturated rings. The van der Waals surface area contributed by atoms with Gasteiger partial charge in [-0.3, -0.25) is 4.79 Å². The summed E-state index contributed by atoms with van der Waals surface area (Å²) >= 11 is 5.98. The van der Waals surface area contributed by atoms with Crippen LogP contribution in [-0.2, 0) is 0 Å². The van der Waals surface area contributed by atoms with E-state index in [1.807, 2.05) is 32.9 Å². The van der Waals surface area contributed by atoms with E-state index in [1.54, 1.807) is 30.5 Å². The van der Waals surface area contributed by atoms with Crippen molar-refractivity contribution in [3.63, 3.8) is 0 Å². The first-order valence-corrected chi connectivity index (χ1v) is 7.59. The zero-order chi connectivity index (χ0) is 16.2. The molecule has 0 unspecified atom stereocenters. The third-order valence-corrected chi connectivity index (χ3v) is 3.71. The lowest BCUT2D eigenvalue weighted by Crippen LogP contribution is -2.43. The maximum Gasteiger partial charge on any atom is 0.255 e. The summed E-state index contributed by atoms with van der Waals surface area (Å²) in [5, 5.41) is 6.78. The molecule has 1 heterocycles. The van der Waals surface area contributed by atoms with Gasteiger partial charge in [0.05, 0.1) is 5.56 Å². The van der Waals surface area contributed by atoms with Crippen molar-refractivity contribution in [1.29, 1.82) is 0 Å². The molecule has 0 aliphatic rings. The smallest absolute Gasteiger partial charge is 0.255 e. The second-order valence-electron chi connectivity index (χ2n) is 5.73. The Labute approximate surface area is 135 Å². The van der Waals surface area contributed by atoms with Crippen molar-refractivity contribution in [2.75, 3.05) is 5.32 Å². The van der Waals surface area contributed by atoms with Gasteiger partial charge in [-0.1, -0.05) is 24.6 Å². The molecule has 116 valence electrons. The van der Waals surface area contributed by atoms with Crippen molar-refractivity contribution < 1.29 is 4.79 Å². The number of carbonyl (C=O) groups excluding carboxylic acids is 1. The van der Waals surface area contributed by atoms with Crippen LogP contribution in [0.4, 0.5) is 11.5 Å². The lowest BCUT2D eigenvalue weighted by Gasteiger charge is -2.25. The monoisotopic (exact) mass is 317 g/mol. The largest absolute Gasteiger partial charge is 0.347 e. The van der Waals surface area contributed by atoms with E-state index in [2.05, 4.69) is 15.6 Å². The number of pyridine rings is 1. The van der Waals surface area contributed by atoms with Gasteiger partial charge < -0.3 is 10.6 Å². The van der Waals surface area contributed by atoms with Crippen LogP contribution in [0.1, 0.15) is 37.6 Å². The Morgan fingerprint density at radius 2 is 2.05 bits per heavy atom. The van der Waals surface area contributed by atoms with Gasteiger partial charge in [-0.15, -0.1) is 0 Å². The van der Waals surface area contributed by atoms with E-state index in [1.165, 1.54) is 0 Å². The Hall–Kier alpha value is -2.07. The fourth-order valence-electron chi connectivity index (χ4n) is 1.85. The molecular formula is C17H20ClN3O. The lowest BCUT2D eigenvalue weighted by molar-refractivity contribution is 0.0912. The summed E-state index contributed by atoms with van der Waals surface area (Å²) < 4.78 is 0. The number of carbonyl (C=O) groups is 1. The van der Waals surface area contributed by atoms with E-state index in [4.69, 9.17) is 11.6 Å². The van der Waals surface area contributed by atoms with Crippen LogP contribution in [0.25, 0.3) is 0 Å². The van der Waals surface area contributed by atoms with Crippen molar-refractivity contribution in [2.24, 2.45) is 0 Å². The molecule has 1 aromatic heterocycles. The number of hydrogen-bond acceptors (Lipinski definition) is 3. The first kappa shape index (κ1) is 16.3. The SMILES string of the molecule is CCC(C)(C)NC(=O)c1cccnc1Nc1cccc(Cl)c1. The predicted octanol–water partition coefficient (Wildman–Crippen LogP) is 4.40. The van der Waals surface area contributed by atoms with Gasteiger partial charge in [0.2, 0.25) is 0 Å². The number of benzene rings is 1. The summed E-state index contributed by atoms with van der Waals surface area (Å²) in [6, 6.07) is 10.8. The number of aromatic nitrogens is 1. The Kier molecular flexibility index (Phi) is 5.03. The first-order valence-electron chi connectivity index (χ1n) is 7.21. The molecule has 2 N–H and O–H groups in total. The molecule has 0 aliphatic carbocycles. The summed E-state index contributed by atoms with van der Waals surface area (Å²) in [5.41, 5.74) is 1.03. The van der Waals surface area contributed by atoms with E-state index in [-0.39, 0.29) is 11.4 Å². The summed E-state index contributed by atoms with van der Waals surface area (Å²) in [6.45, 7) is 6.02. The van der Waals surface area contributed by atoms with Crippen LogP contribution in [0.2, 0.25) is 5.02 Å². The van der Waals surface area contributed by atoms with Crippen molar-refractivity contribution in [2.45, 2.75) is 32.7 Å². The highest BCUT2D eigenvalue weighted by atomic mass is 35.5. The second-order valence-corrected chi connectivity index (χ2v) is 6.16. The molecule has 0 spiro atoms. The summed E-state index contributed by atoms with van der Waals surface area (Å²) in [6.07, 6.45) is 2.49. The minimum absolute atomic E-state index is 0.149. The third-order valence-electron chi connectivity index (χ3n) is 3.48. The zero-order valence-corrected chi connectivity index (χ0v) is 13.7. The summed E-state index contributed by atoms with van der Waals surface area (Å²) in [4.78, 5) is 16.7. The summed E-state index contributed by atoms with van der Waals surface area (Å²) in [7, 11) is 0. The Morgan fingerprint density at radius 1 is 1.27 bits per heavy atom. The minimum Gasteiger partial charge on any atom is -0.347 e. The topological polar surface area (TPSA) is 54.0 Å². The van der Waals surface area contributed by atoms with Gasteiger partial charge in [-0.25, -0.2) is 4.98 Å². The maximum atomic E-state index is 12.5. The van der Waals surface area contributed by atoms with Gasteiger partial charge in [0.1, 0.15) is 5.82 Å². The highest BCUT2D eigenvalue weighted by Crippen LogP contribution is 2.22. The van der Waals surface area contributed by atoms with Crippen LogP contribution in [0.15, 0.2) is 42.6 Å². The van der Waals surface area contributed by atoms with Crippen molar-refractivity contribution in [3.05, 3.63) is 53.2 Å². The first-order chi connectivity index (χ1) is 10.4. The molecular weight excluding hydrogens is 298 g/mol. The molecule has 2 rings (SSSR count). The zero-order valence-electron chi connectivity index (χ0n) is 13.0. The van der Waals surface area contributed by atoms with Crippen LogP contribution >= 0.6 is 11.6 Å². The minimum atomic E-state index is -0.264. The molecule has 1 amide bonds. The van der Waals surface area contributed by atoms with Crippen LogP contribution in [0, 0.1) is 0 Å². The molecule has 0 radical (unpaired) electrons. The van der Waals surface area contributed by atoms with Crippen molar-refractivity contribution >= 4 is 29.0 Å². The van der Waals surface area contributed by atoms with Crippen LogP contribution in [0.3, 0.4) is 0 Å². The van der Waals surface area contributed by atoms with Crippen LogP contribution in [-0.4, -0.2) is 16.4 Å². The Balaban J connectivity index is 2.25. The molecule has 22 heavy (non-hydrogen) atoms. The number of amides is 1. The molecule has 0 aliphatic heterocycles. The standard InChI is InChI=1S/C17H20ClN3O/c1-4-17(2,3)21-16(22)14-9-6-10-19-15(14)20-13-8-5-7-12(18)11-13/h5-11H,4H2,1-3H3,(H,19,20)(H,21,22). The predicted molar refractivity (Wildman–Crippen MR) is 90.8 cm³/mol. The lowest BCUT2D eigenvalue weighted by atomic mass is 10.0. The molecule has 0 atom stereocenters. The van der Waals surface area contributed by atoms with Crippen molar-refractivity contribution in [1.82, 2.24) is 10.3 Å². The molecule has 0 saturated carbocycles. The van der Waals surface area contributed by atoms with Gasteiger partial charge in [0.15, 0.2) is 0 Å². The second kappa shape index (κ2) is 6.79. The number of rotatable bonds is 5. The third kappa shape index (κ3) is 4.21. The van der Waals surface area contributed by atoms with E-state index in [9.17, 15) is 4.79 Å². The fourth-order valence-corrected chi connectivity index (χ4v) is 2.04.